The number of hydrogen-bond acceptors (Lipinski definition) is 7. The van der Waals surface area contributed by atoms with Crippen molar-refractivity contribution in [2.75, 3.05) is 44.8 Å². The molecule has 1 fully saturated rings. The molecule has 0 unspecified atom stereocenters. The van der Waals surface area contributed by atoms with Crippen LogP contribution in [0.15, 0.2) is 60.0 Å². The van der Waals surface area contributed by atoms with Gasteiger partial charge in [-0.1, -0.05) is 19.6 Å². The first-order valence-corrected chi connectivity index (χ1v) is 12.9. The lowest BCUT2D eigenvalue weighted by atomic mass is 10.1. The van der Waals surface area contributed by atoms with E-state index in [4.69, 9.17) is 9.47 Å². The quantitative estimate of drug-likeness (QED) is 0.321. The lowest BCUT2D eigenvalue weighted by Crippen LogP contribution is -2.38. The zero-order chi connectivity index (χ0) is 26.5. The van der Waals surface area contributed by atoms with Gasteiger partial charge in [0, 0.05) is 43.5 Å². The van der Waals surface area contributed by atoms with Crippen molar-refractivity contribution in [2.45, 2.75) is 26.8 Å². The number of carbonyl (C=O) groups is 1. The summed E-state index contributed by atoms with van der Waals surface area (Å²) in [5, 5.41) is 8.61. The first-order chi connectivity index (χ1) is 18.5. The Morgan fingerprint density at radius 3 is 2.95 bits per heavy atom. The third kappa shape index (κ3) is 5.61. The van der Waals surface area contributed by atoms with Gasteiger partial charge in [0.2, 0.25) is 0 Å². The number of aryl methyl sites for hydroxylation is 1. The maximum Gasteiger partial charge on any atom is 0.274 e. The molecule has 10 heteroatoms. The number of nitrogens with one attached hydrogen (secondary N) is 1. The Morgan fingerprint density at radius 1 is 1.29 bits per heavy atom. The maximum atomic E-state index is 13.3. The number of benzene rings is 1. The number of ether oxygens (including phenoxy) is 2. The Kier molecular flexibility index (Phi) is 7.81. The smallest absolute Gasteiger partial charge is 0.274 e. The summed E-state index contributed by atoms with van der Waals surface area (Å²) in [5.41, 5.74) is 4.22. The third-order valence-electron chi connectivity index (χ3n) is 6.49. The van der Waals surface area contributed by atoms with Crippen LogP contribution in [0.4, 0.5) is 5.69 Å². The normalized spacial score (nSPS) is 14.5. The molecule has 1 aromatic carbocycles. The third-order valence-corrected chi connectivity index (χ3v) is 6.49. The summed E-state index contributed by atoms with van der Waals surface area (Å²) in [4.78, 5) is 24.4. The molecule has 1 saturated heterocycles. The highest BCUT2D eigenvalue weighted by Crippen LogP contribution is 2.28. The molecular weight excluding hydrogens is 482 g/mol. The second-order valence-corrected chi connectivity index (χ2v) is 9.22. The van der Waals surface area contributed by atoms with E-state index >= 15 is 0 Å². The molecule has 1 N–H and O–H groups in total. The Bertz CT molecular complexity index is 1480. The molecular formula is C28H33N7O3. The monoisotopic (exact) mass is 515 g/mol. The van der Waals surface area contributed by atoms with Crippen LogP contribution in [-0.4, -0.2) is 75.6 Å². The molecule has 1 aliphatic heterocycles. The Balaban J connectivity index is 1.29. The van der Waals surface area contributed by atoms with Crippen molar-refractivity contribution in [3.63, 3.8) is 0 Å². The van der Waals surface area contributed by atoms with Gasteiger partial charge in [0.05, 0.1) is 48.6 Å². The number of imidazole rings is 1. The molecule has 1 aliphatic rings. The van der Waals surface area contributed by atoms with Crippen molar-refractivity contribution < 1.29 is 14.3 Å². The minimum atomic E-state index is -0.255. The fourth-order valence-corrected chi connectivity index (χ4v) is 4.60. The second-order valence-electron chi connectivity index (χ2n) is 9.22. The van der Waals surface area contributed by atoms with Gasteiger partial charge in [0.15, 0.2) is 0 Å². The number of amides is 1. The summed E-state index contributed by atoms with van der Waals surface area (Å²) < 4.78 is 14.9. The van der Waals surface area contributed by atoms with E-state index in [0.29, 0.717) is 30.2 Å². The molecule has 38 heavy (non-hydrogen) atoms. The number of carbonyl (C=O) groups excluding carboxylic acids is 1. The van der Waals surface area contributed by atoms with Crippen LogP contribution in [0.2, 0.25) is 0 Å². The Morgan fingerprint density at radius 2 is 2.13 bits per heavy atom. The minimum absolute atomic E-state index is 0.255. The van der Waals surface area contributed by atoms with E-state index in [0.717, 1.165) is 67.3 Å². The topological polar surface area (TPSA) is 98.3 Å². The SMILES string of the molecule is C=C(Cn1nc(C)c2c(NC(=O)c3cnc4cc(OCCN5CCOCC5)ccn34)cccc21)N=CCC. The molecule has 3 aromatic heterocycles. The highest BCUT2D eigenvalue weighted by Gasteiger charge is 2.17. The van der Waals surface area contributed by atoms with Gasteiger partial charge in [-0.05, 0) is 31.5 Å². The number of morpholine rings is 1. The van der Waals surface area contributed by atoms with Gasteiger partial charge in [-0.15, -0.1) is 0 Å². The lowest BCUT2D eigenvalue weighted by molar-refractivity contribution is 0.0322. The highest BCUT2D eigenvalue weighted by atomic mass is 16.5. The molecule has 4 aromatic rings. The number of nitrogens with zero attached hydrogens (tertiary/aromatic N) is 6. The molecule has 0 bridgehead atoms. The van der Waals surface area contributed by atoms with E-state index in [1.807, 2.05) is 61.3 Å². The van der Waals surface area contributed by atoms with Crippen LogP contribution >= 0.6 is 0 Å². The highest BCUT2D eigenvalue weighted by molar-refractivity contribution is 6.08. The zero-order valence-corrected chi connectivity index (χ0v) is 21.9. The number of anilines is 1. The van der Waals surface area contributed by atoms with Gasteiger partial charge in [-0.25, -0.2) is 4.98 Å². The van der Waals surface area contributed by atoms with Gasteiger partial charge < -0.3 is 14.8 Å². The largest absolute Gasteiger partial charge is 0.492 e. The van der Waals surface area contributed by atoms with E-state index in [1.54, 1.807) is 10.6 Å². The predicted molar refractivity (Wildman–Crippen MR) is 148 cm³/mol. The van der Waals surface area contributed by atoms with Crippen LogP contribution in [0.5, 0.6) is 5.75 Å². The van der Waals surface area contributed by atoms with Gasteiger partial charge in [-0.3, -0.25) is 23.8 Å². The molecule has 1 amide bonds. The molecule has 0 radical (unpaired) electrons. The van der Waals surface area contributed by atoms with Crippen LogP contribution < -0.4 is 10.1 Å². The number of aromatic nitrogens is 4. The molecule has 0 spiro atoms. The Labute approximate surface area is 221 Å². The van der Waals surface area contributed by atoms with E-state index in [9.17, 15) is 4.79 Å². The number of rotatable bonds is 10. The van der Waals surface area contributed by atoms with Crippen LogP contribution in [0, 0.1) is 6.92 Å². The summed E-state index contributed by atoms with van der Waals surface area (Å²) in [7, 11) is 0. The zero-order valence-electron chi connectivity index (χ0n) is 21.9. The van der Waals surface area contributed by atoms with Crippen molar-refractivity contribution in [2.24, 2.45) is 4.99 Å². The van der Waals surface area contributed by atoms with E-state index in [-0.39, 0.29) is 5.91 Å². The molecule has 4 heterocycles. The fourth-order valence-electron chi connectivity index (χ4n) is 4.60. The minimum Gasteiger partial charge on any atom is -0.492 e. The van der Waals surface area contributed by atoms with Crippen molar-refractivity contribution in [3.05, 3.63) is 66.4 Å². The van der Waals surface area contributed by atoms with Crippen LogP contribution in [0.25, 0.3) is 16.6 Å². The van der Waals surface area contributed by atoms with E-state index in [1.165, 1.54) is 0 Å². The molecule has 198 valence electrons. The van der Waals surface area contributed by atoms with E-state index < -0.39 is 0 Å². The summed E-state index contributed by atoms with van der Waals surface area (Å²) in [6.07, 6.45) is 6.07. The molecule has 0 saturated carbocycles. The first-order valence-electron chi connectivity index (χ1n) is 12.9. The summed E-state index contributed by atoms with van der Waals surface area (Å²) >= 11 is 0. The van der Waals surface area contributed by atoms with Crippen molar-refractivity contribution in [3.8, 4) is 5.75 Å². The van der Waals surface area contributed by atoms with Crippen molar-refractivity contribution in [1.82, 2.24) is 24.1 Å². The maximum absolute atomic E-state index is 13.3. The standard InChI is InChI=1S/C28H33N7O3/c1-4-9-29-20(2)19-35-24-7-5-6-23(27(24)21(3)32-35)31-28(36)25-18-30-26-17-22(8-10-34(25)26)38-16-13-33-11-14-37-15-12-33/h5-10,17-18H,2,4,11-16,19H2,1,3H3,(H,31,36). The fraction of sp³-hybridized carbons (Fsp3) is 0.357. The lowest BCUT2D eigenvalue weighted by Gasteiger charge is -2.26. The summed E-state index contributed by atoms with van der Waals surface area (Å²) in [6.45, 7) is 13.3. The van der Waals surface area contributed by atoms with Gasteiger partial charge in [0.1, 0.15) is 23.7 Å². The van der Waals surface area contributed by atoms with Crippen molar-refractivity contribution in [1.29, 1.82) is 0 Å². The molecule has 10 nitrogen and oxygen atoms in total. The summed E-state index contributed by atoms with van der Waals surface area (Å²) in [6, 6.07) is 9.47. The summed E-state index contributed by atoms with van der Waals surface area (Å²) in [5.74, 6) is 0.469. The predicted octanol–water partition coefficient (Wildman–Crippen LogP) is 3.95. The number of hydrogen-bond donors (Lipinski definition) is 1. The van der Waals surface area contributed by atoms with Crippen LogP contribution in [-0.2, 0) is 11.3 Å². The van der Waals surface area contributed by atoms with Crippen LogP contribution in [0.1, 0.15) is 29.5 Å². The molecule has 5 rings (SSSR count). The van der Waals surface area contributed by atoms with Crippen LogP contribution in [0.3, 0.4) is 0 Å². The van der Waals surface area contributed by atoms with E-state index in [2.05, 4.69) is 31.9 Å². The van der Waals surface area contributed by atoms with Gasteiger partial charge in [0.25, 0.3) is 5.91 Å². The van der Waals surface area contributed by atoms with Gasteiger partial charge >= 0.3 is 0 Å². The Hall–Kier alpha value is -4.02. The van der Waals surface area contributed by atoms with Gasteiger partial charge in [-0.2, -0.15) is 5.10 Å². The molecule has 0 aliphatic carbocycles. The molecule has 0 atom stereocenters. The second kappa shape index (κ2) is 11.6. The number of aliphatic imine (C=N–C) groups is 1. The number of pyridine rings is 1. The number of fused-ring (bicyclic) bond motifs is 2. The average Bonchev–Trinajstić information content (AvgIpc) is 3.49. The first kappa shape index (κ1) is 25.6. The van der Waals surface area contributed by atoms with Crippen molar-refractivity contribution >= 4 is 34.4 Å². The average molecular weight is 516 g/mol. The number of allylic oxidation sites excluding steroid dienone is 1.